The van der Waals surface area contributed by atoms with E-state index in [2.05, 4.69) is 4.99 Å². The molecule has 3 aliphatic rings. The molecule has 5 rings (SSSR count). The number of ketones is 3. The summed E-state index contributed by atoms with van der Waals surface area (Å²) in [5.74, 6) is -4.74. The number of aliphatic carboxylic acids is 1. The summed E-state index contributed by atoms with van der Waals surface area (Å²) >= 11 is 0. The highest BCUT2D eigenvalue weighted by atomic mass is 16.6. The van der Waals surface area contributed by atoms with Gasteiger partial charge in [-0.15, -0.1) is 0 Å². The second-order valence-corrected chi connectivity index (χ2v) is 9.03. The zero-order chi connectivity index (χ0) is 26.1. The van der Waals surface area contributed by atoms with Gasteiger partial charge in [0.25, 0.3) is 5.60 Å². The Morgan fingerprint density at radius 1 is 1.11 bits per heavy atom. The van der Waals surface area contributed by atoms with Crippen LogP contribution in [-0.4, -0.2) is 50.4 Å². The number of ether oxygens (including phenoxy) is 2. The maximum absolute atomic E-state index is 13.7. The molecule has 3 N–H and O–H groups in total. The number of aromatic hydroxyl groups is 2. The molecule has 0 saturated heterocycles. The summed E-state index contributed by atoms with van der Waals surface area (Å²) in [5.41, 5.74) is -0.751. The molecule has 2 aliphatic heterocycles. The van der Waals surface area contributed by atoms with E-state index >= 15 is 0 Å². The molecule has 0 radical (unpaired) electrons. The lowest BCUT2D eigenvalue weighted by atomic mass is 9.71. The van der Waals surface area contributed by atoms with E-state index in [1.807, 2.05) is 0 Å². The number of aliphatic imine (C=N–C) groups is 1. The topological polar surface area (TPSA) is 160 Å². The number of hydrogen-bond acceptors (Lipinski definition) is 9. The fourth-order valence-corrected chi connectivity index (χ4v) is 4.94. The van der Waals surface area contributed by atoms with Gasteiger partial charge in [-0.2, -0.15) is 0 Å². The van der Waals surface area contributed by atoms with Gasteiger partial charge in [-0.05, 0) is 38.5 Å². The molecule has 0 bridgehead atoms. The number of carbonyl (C=O) groups excluding carboxylic acids is 3. The Labute approximate surface area is 204 Å². The predicted molar refractivity (Wildman–Crippen MR) is 124 cm³/mol. The monoisotopic (exact) mass is 491 g/mol. The number of allylic oxidation sites excluding steroid dienone is 1. The average Bonchev–Trinajstić information content (AvgIpc) is 3.03. The van der Waals surface area contributed by atoms with E-state index in [0.717, 1.165) is 6.08 Å². The van der Waals surface area contributed by atoms with Gasteiger partial charge in [0, 0.05) is 23.8 Å². The first kappa shape index (κ1) is 23.3. The fraction of sp³-hybridized carbons (Fsp3) is 0.269. The van der Waals surface area contributed by atoms with Crippen molar-refractivity contribution in [3.8, 4) is 23.0 Å². The van der Waals surface area contributed by atoms with Crippen LogP contribution in [0.1, 0.15) is 40.9 Å². The van der Waals surface area contributed by atoms with Gasteiger partial charge >= 0.3 is 5.97 Å². The molecular weight excluding hydrogens is 470 g/mol. The van der Waals surface area contributed by atoms with Gasteiger partial charge in [-0.1, -0.05) is 12.1 Å². The van der Waals surface area contributed by atoms with E-state index in [1.165, 1.54) is 32.9 Å². The van der Waals surface area contributed by atoms with E-state index in [9.17, 15) is 34.5 Å². The van der Waals surface area contributed by atoms with Gasteiger partial charge in [0.05, 0.1) is 5.56 Å². The molecular formula is C26H21NO9. The molecule has 1 spiro atoms. The van der Waals surface area contributed by atoms with E-state index in [0.29, 0.717) is 5.56 Å². The smallest absolute Gasteiger partial charge is 0.328 e. The van der Waals surface area contributed by atoms with Crippen LogP contribution in [0.5, 0.6) is 23.0 Å². The Balaban J connectivity index is 1.54. The summed E-state index contributed by atoms with van der Waals surface area (Å²) in [4.78, 5) is 55.1. The molecule has 36 heavy (non-hydrogen) atoms. The number of Topliss-reactive ketones (excluding diaryl/α,β-unsaturated/α-hetero) is 2. The number of carboxylic acid groups (broad SMARTS) is 1. The Bertz CT molecular complexity index is 1450. The number of phenols is 2. The van der Waals surface area contributed by atoms with Crippen molar-refractivity contribution in [2.75, 3.05) is 0 Å². The van der Waals surface area contributed by atoms with Crippen LogP contribution in [0.15, 0.2) is 41.1 Å². The molecule has 10 heteroatoms. The lowest BCUT2D eigenvalue weighted by Crippen LogP contribution is -2.56. The number of phenolic OH excluding ortho intramolecular Hbond substituents is 2. The lowest BCUT2D eigenvalue weighted by Gasteiger charge is -2.42. The van der Waals surface area contributed by atoms with Gasteiger partial charge in [0.1, 0.15) is 28.7 Å². The molecule has 0 amide bonds. The summed E-state index contributed by atoms with van der Waals surface area (Å²) in [6, 6.07) is 4.67. The standard InChI is InChI=1S/C26H21NO9/c1-10-21(31)19(12(3)28)23-20-22(10)36-26(20)17(35-23)9-16(30)18(24(26)32)11(2)27-15(25(33)34)8-13-4-6-14(29)7-5-13/h4-7,9,15,18,29,31H,8H2,1-3H3,(H,33,34). The minimum absolute atomic E-state index is 0.00588. The normalized spacial score (nSPS) is 22.5. The maximum Gasteiger partial charge on any atom is 0.328 e. The zero-order valence-corrected chi connectivity index (χ0v) is 19.5. The first-order valence-corrected chi connectivity index (χ1v) is 11.1. The molecule has 0 aromatic heterocycles. The van der Waals surface area contributed by atoms with Crippen molar-refractivity contribution in [2.24, 2.45) is 10.9 Å². The largest absolute Gasteiger partial charge is 0.508 e. The van der Waals surface area contributed by atoms with Crippen molar-refractivity contribution in [2.45, 2.75) is 38.8 Å². The molecule has 2 aromatic rings. The minimum Gasteiger partial charge on any atom is -0.508 e. The molecule has 3 unspecified atom stereocenters. The number of carbonyl (C=O) groups is 4. The first-order chi connectivity index (χ1) is 17.0. The van der Waals surface area contributed by atoms with Crippen molar-refractivity contribution < 1.29 is 44.0 Å². The third-order valence-electron chi connectivity index (χ3n) is 6.73. The fourth-order valence-electron chi connectivity index (χ4n) is 4.94. The zero-order valence-electron chi connectivity index (χ0n) is 19.5. The number of nitrogens with zero attached hydrogens (tertiary/aromatic N) is 1. The number of benzene rings is 2. The molecule has 10 nitrogen and oxygen atoms in total. The summed E-state index contributed by atoms with van der Waals surface area (Å²) in [7, 11) is 0. The molecule has 1 aliphatic carbocycles. The Hall–Kier alpha value is -4.47. The van der Waals surface area contributed by atoms with Crippen LogP contribution in [0.2, 0.25) is 0 Å². The van der Waals surface area contributed by atoms with Gasteiger partial charge in [-0.3, -0.25) is 19.4 Å². The van der Waals surface area contributed by atoms with Crippen LogP contribution in [0.25, 0.3) is 0 Å². The van der Waals surface area contributed by atoms with Gasteiger partial charge in [0.15, 0.2) is 29.1 Å². The van der Waals surface area contributed by atoms with Crippen LogP contribution in [-0.2, 0) is 26.4 Å². The predicted octanol–water partition coefficient (Wildman–Crippen LogP) is 2.40. The summed E-state index contributed by atoms with van der Waals surface area (Å²) in [5, 5.41) is 29.6. The average molecular weight is 491 g/mol. The highest BCUT2D eigenvalue weighted by molar-refractivity contribution is 6.29. The summed E-state index contributed by atoms with van der Waals surface area (Å²) in [6.07, 6.45) is 1.07. The van der Waals surface area contributed by atoms with Crippen LogP contribution in [0.4, 0.5) is 0 Å². The van der Waals surface area contributed by atoms with Gasteiger partial charge < -0.3 is 24.8 Å². The lowest BCUT2D eigenvalue weighted by molar-refractivity contribution is -0.144. The van der Waals surface area contributed by atoms with Crippen molar-refractivity contribution in [3.05, 3.63) is 58.4 Å². The van der Waals surface area contributed by atoms with E-state index in [1.54, 1.807) is 12.1 Å². The molecule has 2 aromatic carbocycles. The third-order valence-corrected chi connectivity index (χ3v) is 6.73. The second-order valence-electron chi connectivity index (χ2n) is 9.03. The van der Waals surface area contributed by atoms with Crippen LogP contribution in [0, 0.1) is 12.8 Å². The molecule has 0 fully saturated rings. The Morgan fingerprint density at radius 2 is 1.78 bits per heavy atom. The molecule has 3 atom stereocenters. The Kier molecular flexibility index (Phi) is 5.03. The third kappa shape index (κ3) is 3.07. The minimum atomic E-state index is -1.77. The molecule has 2 heterocycles. The summed E-state index contributed by atoms with van der Waals surface area (Å²) in [6.45, 7) is 4.19. The molecule has 184 valence electrons. The van der Waals surface area contributed by atoms with Crippen molar-refractivity contribution >= 4 is 29.0 Å². The van der Waals surface area contributed by atoms with E-state index in [-0.39, 0.29) is 57.6 Å². The van der Waals surface area contributed by atoms with Crippen molar-refractivity contribution in [1.82, 2.24) is 0 Å². The summed E-state index contributed by atoms with van der Waals surface area (Å²) < 4.78 is 11.6. The van der Waals surface area contributed by atoms with Crippen LogP contribution >= 0.6 is 0 Å². The highest BCUT2D eigenvalue weighted by Crippen LogP contribution is 2.64. The number of hydrogen-bond donors (Lipinski definition) is 3. The van der Waals surface area contributed by atoms with Crippen LogP contribution in [0.3, 0.4) is 0 Å². The maximum atomic E-state index is 13.7. The SMILES string of the molecule is CC(=O)c1c(O)c(C)c2c3c1OC1=CC(=O)C(C(C)=NC(Cc4ccc(O)cc4)C(=O)O)C(=O)C13O2. The highest BCUT2D eigenvalue weighted by Gasteiger charge is 2.68. The van der Waals surface area contributed by atoms with Crippen molar-refractivity contribution in [3.63, 3.8) is 0 Å². The van der Waals surface area contributed by atoms with Crippen LogP contribution < -0.4 is 9.47 Å². The molecule has 0 saturated carbocycles. The van der Waals surface area contributed by atoms with Gasteiger partial charge in [0.2, 0.25) is 5.78 Å². The number of rotatable bonds is 6. The Morgan fingerprint density at radius 3 is 2.39 bits per heavy atom. The van der Waals surface area contributed by atoms with Gasteiger partial charge in [-0.25, -0.2) is 4.79 Å². The van der Waals surface area contributed by atoms with Crippen molar-refractivity contribution in [1.29, 1.82) is 0 Å². The quantitative estimate of drug-likeness (QED) is 0.313. The van der Waals surface area contributed by atoms with E-state index in [4.69, 9.17) is 9.47 Å². The number of carboxylic acids is 1. The van der Waals surface area contributed by atoms with E-state index < -0.39 is 40.9 Å². The second kappa shape index (κ2) is 7.77. The first-order valence-electron chi connectivity index (χ1n) is 11.1.